The van der Waals surface area contributed by atoms with E-state index in [1.165, 1.54) is 16.6 Å². The molecule has 0 aliphatic rings. The van der Waals surface area contributed by atoms with Crippen LogP contribution in [0.4, 0.5) is 5.69 Å². The molecule has 0 unspecified atom stereocenters. The van der Waals surface area contributed by atoms with Gasteiger partial charge in [0.1, 0.15) is 0 Å². The summed E-state index contributed by atoms with van der Waals surface area (Å²) < 4.78 is 2.11. The van der Waals surface area contributed by atoms with Gasteiger partial charge in [0, 0.05) is 23.5 Å². The number of nitrogen functional groups attached to an aromatic ring is 1. The fourth-order valence-electron chi connectivity index (χ4n) is 2.34. The summed E-state index contributed by atoms with van der Waals surface area (Å²) in [4.78, 5) is 0. The van der Waals surface area contributed by atoms with E-state index in [4.69, 9.17) is 5.73 Å². The predicted molar refractivity (Wildman–Crippen MR) is 87.4 cm³/mol. The molecule has 2 aromatic carbocycles. The Morgan fingerprint density at radius 3 is 2.60 bits per heavy atom. The number of aromatic nitrogens is 1. The molecular weight excluding hydrogens is 244 g/mol. The van der Waals surface area contributed by atoms with Crippen LogP contribution >= 0.6 is 0 Å². The van der Waals surface area contributed by atoms with Crippen molar-refractivity contribution in [3.63, 3.8) is 0 Å². The maximum Gasteiger partial charge on any atom is 0.0523 e. The topological polar surface area (TPSA) is 30.9 Å². The Labute approximate surface area is 119 Å². The van der Waals surface area contributed by atoms with E-state index in [0.29, 0.717) is 0 Å². The van der Waals surface area contributed by atoms with E-state index < -0.39 is 0 Å². The predicted octanol–water partition coefficient (Wildman–Crippen LogP) is 4.41. The van der Waals surface area contributed by atoms with Crippen LogP contribution in [0.3, 0.4) is 0 Å². The van der Waals surface area contributed by atoms with Crippen LogP contribution in [0.2, 0.25) is 0 Å². The Morgan fingerprint density at radius 1 is 1.05 bits per heavy atom. The molecule has 2 nitrogen and oxygen atoms in total. The quantitative estimate of drug-likeness (QED) is 0.696. The van der Waals surface area contributed by atoms with Crippen molar-refractivity contribution in [3.05, 3.63) is 65.9 Å². The first-order valence-electron chi connectivity index (χ1n) is 6.89. The Kier molecular flexibility index (Phi) is 3.30. The average molecular weight is 262 g/mol. The monoisotopic (exact) mass is 262 g/mol. The maximum absolute atomic E-state index is 5.80. The van der Waals surface area contributed by atoms with E-state index in [1.807, 2.05) is 12.1 Å². The number of hydrogen-bond acceptors (Lipinski definition) is 1. The zero-order valence-corrected chi connectivity index (χ0v) is 11.6. The van der Waals surface area contributed by atoms with Gasteiger partial charge in [0.15, 0.2) is 0 Å². The van der Waals surface area contributed by atoms with Gasteiger partial charge >= 0.3 is 0 Å². The molecule has 0 atom stereocenters. The average Bonchev–Trinajstić information content (AvgIpc) is 2.88. The van der Waals surface area contributed by atoms with Crippen LogP contribution in [-0.4, -0.2) is 4.57 Å². The first kappa shape index (κ1) is 12.5. The van der Waals surface area contributed by atoms with E-state index in [2.05, 4.69) is 66.4 Å². The number of benzene rings is 2. The molecule has 100 valence electrons. The fourth-order valence-corrected chi connectivity index (χ4v) is 2.34. The molecule has 2 N–H and O–H groups in total. The van der Waals surface area contributed by atoms with Crippen LogP contribution in [0.25, 0.3) is 23.2 Å². The molecule has 0 aliphatic heterocycles. The van der Waals surface area contributed by atoms with Gasteiger partial charge < -0.3 is 10.3 Å². The van der Waals surface area contributed by atoms with Crippen molar-refractivity contribution in [1.29, 1.82) is 0 Å². The molecule has 0 saturated carbocycles. The molecule has 3 aromatic rings. The lowest BCUT2D eigenvalue weighted by Crippen LogP contribution is -1.86. The first-order valence-corrected chi connectivity index (χ1v) is 6.89. The number of anilines is 1. The highest BCUT2D eigenvalue weighted by Gasteiger charge is 1.98. The summed E-state index contributed by atoms with van der Waals surface area (Å²) in [5, 5.41) is 1.16. The minimum absolute atomic E-state index is 0.800. The van der Waals surface area contributed by atoms with Gasteiger partial charge in [-0.1, -0.05) is 31.2 Å². The van der Waals surface area contributed by atoms with Gasteiger partial charge in [0.25, 0.3) is 0 Å². The third-order valence-corrected chi connectivity index (χ3v) is 3.56. The van der Waals surface area contributed by atoms with Crippen molar-refractivity contribution in [2.75, 3.05) is 5.73 Å². The number of aryl methyl sites for hydroxylation is 1. The maximum atomic E-state index is 5.80. The van der Waals surface area contributed by atoms with E-state index in [-0.39, 0.29) is 0 Å². The zero-order valence-electron chi connectivity index (χ0n) is 11.6. The molecule has 0 bridgehead atoms. The number of hydrogen-bond donors (Lipinski definition) is 1. The third-order valence-electron chi connectivity index (χ3n) is 3.56. The van der Waals surface area contributed by atoms with Crippen LogP contribution in [0.5, 0.6) is 0 Å². The molecule has 2 heteroatoms. The van der Waals surface area contributed by atoms with Gasteiger partial charge in [-0.25, -0.2) is 0 Å². The third kappa shape index (κ3) is 2.45. The second-order valence-corrected chi connectivity index (χ2v) is 4.95. The van der Waals surface area contributed by atoms with Gasteiger partial charge in [-0.15, -0.1) is 0 Å². The largest absolute Gasteiger partial charge is 0.399 e. The van der Waals surface area contributed by atoms with Crippen LogP contribution in [0, 0.1) is 0 Å². The Bertz CT molecular complexity index is 749. The second-order valence-electron chi connectivity index (χ2n) is 4.95. The lowest BCUT2D eigenvalue weighted by atomic mass is 10.1. The lowest BCUT2D eigenvalue weighted by Gasteiger charge is -2.00. The summed E-state index contributed by atoms with van der Waals surface area (Å²) in [5.41, 5.74) is 10.3. The van der Waals surface area contributed by atoms with Crippen LogP contribution in [-0.2, 0) is 6.42 Å². The smallest absolute Gasteiger partial charge is 0.0523 e. The summed E-state index contributed by atoms with van der Waals surface area (Å²) in [6.45, 7) is 2.17. The lowest BCUT2D eigenvalue weighted by molar-refractivity contribution is 1.14. The number of rotatable bonds is 3. The molecule has 0 radical (unpaired) electrons. The highest BCUT2D eigenvalue weighted by molar-refractivity contribution is 5.85. The van der Waals surface area contributed by atoms with Gasteiger partial charge in [0.05, 0.1) is 5.52 Å². The van der Waals surface area contributed by atoms with Gasteiger partial charge in [-0.3, -0.25) is 0 Å². The number of nitrogens with two attached hydrogens (primary N) is 1. The van der Waals surface area contributed by atoms with Gasteiger partial charge in [-0.05, 0) is 47.9 Å². The molecule has 1 heterocycles. The fraction of sp³-hybridized carbons (Fsp3) is 0.111. The van der Waals surface area contributed by atoms with E-state index in [1.54, 1.807) is 0 Å². The van der Waals surface area contributed by atoms with Crippen LogP contribution in [0.15, 0.2) is 54.7 Å². The standard InChI is InChI=1S/C18H18N2/c1-2-14-3-5-15(6-4-14)9-11-20-12-10-16-13-17(19)7-8-18(16)20/h3-13H,2,19H2,1H3/b11-9-. The molecule has 1 aromatic heterocycles. The minimum atomic E-state index is 0.800. The second kappa shape index (κ2) is 5.25. The highest BCUT2D eigenvalue weighted by atomic mass is 14.9. The van der Waals surface area contributed by atoms with Crippen molar-refractivity contribution in [2.24, 2.45) is 0 Å². The Hall–Kier alpha value is -2.48. The zero-order chi connectivity index (χ0) is 13.9. The van der Waals surface area contributed by atoms with Crippen molar-refractivity contribution < 1.29 is 0 Å². The molecule has 20 heavy (non-hydrogen) atoms. The Balaban J connectivity index is 1.89. The molecule has 0 spiro atoms. The summed E-state index contributed by atoms with van der Waals surface area (Å²) in [5.74, 6) is 0. The van der Waals surface area contributed by atoms with Crippen LogP contribution < -0.4 is 5.73 Å². The summed E-state index contributed by atoms with van der Waals surface area (Å²) >= 11 is 0. The van der Waals surface area contributed by atoms with Crippen molar-refractivity contribution >= 4 is 28.9 Å². The summed E-state index contributed by atoms with van der Waals surface area (Å²) in [6, 6.07) is 16.7. The molecular formula is C18H18N2. The summed E-state index contributed by atoms with van der Waals surface area (Å²) in [6.07, 6.45) is 7.34. The van der Waals surface area contributed by atoms with E-state index >= 15 is 0 Å². The Morgan fingerprint density at radius 2 is 1.85 bits per heavy atom. The highest BCUT2D eigenvalue weighted by Crippen LogP contribution is 2.19. The molecule has 0 fully saturated rings. The van der Waals surface area contributed by atoms with Gasteiger partial charge in [-0.2, -0.15) is 0 Å². The van der Waals surface area contributed by atoms with Crippen LogP contribution in [0.1, 0.15) is 18.1 Å². The number of fused-ring (bicyclic) bond motifs is 1. The van der Waals surface area contributed by atoms with E-state index in [0.717, 1.165) is 17.5 Å². The molecule has 0 amide bonds. The number of nitrogens with zero attached hydrogens (tertiary/aromatic N) is 1. The molecule has 0 aliphatic carbocycles. The molecule has 3 rings (SSSR count). The van der Waals surface area contributed by atoms with Gasteiger partial charge in [0.2, 0.25) is 0 Å². The SMILES string of the molecule is CCc1ccc(/C=C\n2ccc3cc(N)ccc32)cc1. The van der Waals surface area contributed by atoms with Crippen molar-refractivity contribution in [3.8, 4) is 0 Å². The molecule has 0 saturated heterocycles. The minimum Gasteiger partial charge on any atom is -0.399 e. The summed E-state index contributed by atoms with van der Waals surface area (Å²) in [7, 11) is 0. The normalized spacial score (nSPS) is 11.4. The first-order chi connectivity index (χ1) is 9.76. The van der Waals surface area contributed by atoms with Crippen molar-refractivity contribution in [1.82, 2.24) is 4.57 Å². The van der Waals surface area contributed by atoms with E-state index in [9.17, 15) is 0 Å². The van der Waals surface area contributed by atoms with Crippen molar-refractivity contribution in [2.45, 2.75) is 13.3 Å².